The minimum absolute atomic E-state index is 0.00320. The van der Waals surface area contributed by atoms with Crippen LogP contribution in [0.5, 0.6) is 23.0 Å². The van der Waals surface area contributed by atoms with Crippen LogP contribution in [0.3, 0.4) is 0 Å². The molecule has 1 fully saturated rings. The van der Waals surface area contributed by atoms with E-state index in [9.17, 15) is 30.4 Å². The van der Waals surface area contributed by atoms with E-state index in [1.807, 2.05) is 103 Å². The molecule has 400 valence electrons. The number of rotatable bonds is 22. The first kappa shape index (κ1) is 53.0. The Balaban J connectivity index is 1.17. The second-order valence-electron chi connectivity index (χ2n) is 20.0. The molecule has 1 aliphatic heterocycles. The number of hydrogen-bond acceptors (Lipinski definition) is 13. The fraction of sp³-hybridized carbons (Fsp3) is 0.290. The summed E-state index contributed by atoms with van der Waals surface area (Å²) in [4.78, 5) is 45.7. The van der Waals surface area contributed by atoms with Crippen LogP contribution in [0.4, 0.5) is 16.2 Å². The Morgan fingerprint density at radius 1 is 0.756 bits per heavy atom. The minimum Gasteiger partial charge on any atom is -0.459 e. The highest BCUT2D eigenvalue weighted by molar-refractivity contribution is 6.03. The van der Waals surface area contributed by atoms with Gasteiger partial charge >= 0.3 is 6.09 Å². The van der Waals surface area contributed by atoms with Crippen LogP contribution in [0.25, 0.3) is 21.5 Å². The fourth-order valence-electron chi connectivity index (χ4n) is 11.7. The van der Waals surface area contributed by atoms with Crippen molar-refractivity contribution < 1.29 is 48.6 Å². The van der Waals surface area contributed by atoms with Gasteiger partial charge in [0.2, 0.25) is 5.79 Å². The molecule has 1 amide bonds. The molecular weight excluding hydrogens is 993 g/mol. The second-order valence-corrected chi connectivity index (χ2v) is 20.0. The van der Waals surface area contributed by atoms with Gasteiger partial charge in [-0.3, -0.25) is 25.1 Å². The average Bonchev–Trinajstić information content (AvgIpc) is 2.99. The molecule has 7 aromatic rings. The molecule has 2 N–H and O–H groups in total. The van der Waals surface area contributed by atoms with Crippen molar-refractivity contribution in [3.63, 3.8) is 0 Å². The van der Waals surface area contributed by atoms with Gasteiger partial charge in [-0.25, -0.2) is 4.79 Å². The van der Waals surface area contributed by atoms with Gasteiger partial charge in [0.15, 0.2) is 0 Å². The average molecular weight is 1050 g/mol. The van der Waals surface area contributed by atoms with Crippen molar-refractivity contribution in [3.05, 3.63) is 213 Å². The van der Waals surface area contributed by atoms with E-state index in [2.05, 4.69) is 12.7 Å². The zero-order valence-electron chi connectivity index (χ0n) is 42.9. The second kappa shape index (κ2) is 23.8. The third-order valence-corrected chi connectivity index (χ3v) is 15.2. The molecule has 0 spiro atoms. The predicted octanol–water partition coefficient (Wildman–Crippen LogP) is 13.1. The summed E-state index contributed by atoms with van der Waals surface area (Å²) in [6.45, 7) is 4.08. The zero-order valence-corrected chi connectivity index (χ0v) is 42.9. The number of ether oxygens (including phenoxy) is 4. The molecule has 0 radical (unpaired) electrons. The topological polar surface area (TPSA) is 206 Å². The largest absolute Gasteiger partial charge is 0.459 e. The lowest BCUT2D eigenvalue weighted by molar-refractivity contribution is -0.385. The highest BCUT2D eigenvalue weighted by atomic mass is 16.7. The smallest absolute Gasteiger partial charge is 0.416 e. The Kier molecular flexibility index (Phi) is 16.2. The lowest BCUT2D eigenvalue weighted by atomic mass is 9.55. The first-order valence-electron chi connectivity index (χ1n) is 26.4. The van der Waals surface area contributed by atoms with Crippen molar-refractivity contribution in [2.75, 3.05) is 19.8 Å². The molecule has 6 unspecified atom stereocenters. The summed E-state index contributed by atoms with van der Waals surface area (Å²) in [6, 6.07) is 43.9. The van der Waals surface area contributed by atoms with Crippen LogP contribution in [0.15, 0.2) is 181 Å². The van der Waals surface area contributed by atoms with Crippen molar-refractivity contribution in [3.8, 4) is 23.0 Å². The maximum Gasteiger partial charge on any atom is 0.416 e. The summed E-state index contributed by atoms with van der Waals surface area (Å²) in [7, 11) is 0. The van der Waals surface area contributed by atoms with Gasteiger partial charge < -0.3 is 34.0 Å². The standard InChI is InChI=1S/C62H60N4O12/c1-2-34-74-62-58(64(39-46-17-11-16-43-13-5-6-18-52(43)46)61(69)77-49-28-25-48(26-29-49)66(72)73)38-56(63-75-40-41-20-23-47(24-21-41)65(70)71)54-36-45(15-7-9-32-67)53(19-8-10-33-68)59(60(54)62)55-37-51(30-31-57(55)78-62)76-50-27-22-42-12-3-4-14-44(42)35-50/h2-6,11-14,16-18,20-31,35-37,45,53,58-60,67-68H,1,7-10,15,19,32-34,38-40H2. The Morgan fingerprint density at radius 2 is 1.41 bits per heavy atom. The molecule has 0 aromatic heterocycles. The first-order valence-corrected chi connectivity index (χ1v) is 26.4. The molecule has 1 saturated carbocycles. The van der Waals surface area contributed by atoms with E-state index in [-0.39, 0.29) is 68.4 Å². The first-order chi connectivity index (χ1) is 38.1. The lowest BCUT2D eigenvalue weighted by Gasteiger charge is -2.59. The highest BCUT2D eigenvalue weighted by Crippen LogP contribution is 2.62. The van der Waals surface area contributed by atoms with E-state index in [1.54, 1.807) is 23.1 Å². The van der Waals surface area contributed by atoms with Crippen LogP contribution in [0.1, 0.15) is 67.6 Å². The number of aliphatic hydroxyl groups is 2. The molecule has 16 heteroatoms. The summed E-state index contributed by atoms with van der Waals surface area (Å²) in [5, 5.41) is 52.4. The Labute approximate surface area is 451 Å². The quantitative estimate of drug-likeness (QED) is 0.0281. The number of benzene rings is 7. The van der Waals surface area contributed by atoms with Crippen LogP contribution < -0.4 is 14.2 Å². The molecule has 0 saturated heterocycles. The SMILES string of the molecule is C=CCOC12Oc3ccc(Oc4ccc5ccccc5c4)cc3C3C(CCCCO)C(CCCCO)C=C(C(=NOCc4ccc([N+](=O)[O-])cc4)CC1N(Cc1cccc4ccccc14)C(=O)Oc1ccc([N+](=O)[O-])cc1)C32. The number of carbonyl (C=O) groups is 1. The molecule has 0 bridgehead atoms. The molecule has 3 aliphatic rings. The summed E-state index contributed by atoms with van der Waals surface area (Å²) < 4.78 is 27.7. The van der Waals surface area contributed by atoms with Gasteiger partial charge in [-0.1, -0.05) is 103 Å². The van der Waals surface area contributed by atoms with Crippen LogP contribution in [-0.2, 0) is 22.7 Å². The van der Waals surface area contributed by atoms with E-state index in [0.29, 0.717) is 54.2 Å². The lowest BCUT2D eigenvalue weighted by Crippen LogP contribution is -2.70. The van der Waals surface area contributed by atoms with Gasteiger partial charge in [-0.2, -0.15) is 0 Å². The van der Waals surface area contributed by atoms with Crippen LogP contribution in [0, 0.1) is 38.0 Å². The van der Waals surface area contributed by atoms with Crippen LogP contribution in [-0.4, -0.2) is 68.4 Å². The number of nitrogens with zero attached hydrogens (tertiary/aromatic N) is 4. The number of unbranched alkanes of at least 4 members (excludes halogenated alkanes) is 2. The number of non-ortho nitro benzene ring substituents is 2. The third-order valence-electron chi connectivity index (χ3n) is 15.2. The minimum atomic E-state index is -1.68. The molecule has 16 nitrogen and oxygen atoms in total. The highest BCUT2D eigenvalue weighted by Gasteiger charge is 2.66. The van der Waals surface area contributed by atoms with Crippen molar-refractivity contribution in [2.24, 2.45) is 22.9 Å². The number of hydrogen-bond donors (Lipinski definition) is 2. The molecule has 1 heterocycles. The number of aliphatic hydroxyl groups excluding tert-OH is 2. The summed E-state index contributed by atoms with van der Waals surface area (Å²) >= 11 is 0. The van der Waals surface area contributed by atoms with Gasteiger partial charge in [0, 0.05) is 55.4 Å². The molecular formula is C62H60N4O12. The van der Waals surface area contributed by atoms with E-state index in [4.69, 9.17) is 28.9 Å². The number of fused-ring (bicyclic) bond motifs is 4. The van der Waals surface area contributed by atoms with Gasteiger partial charge in [0.05, 0.1) is 34.6 Å². The monoisotopic (exact) mass is 1050 g/mol. The predicted molar refractivity (Wildman–Crippen MR) is 295 cm³/mol. The Hall–Kier alpha value is -8.44. The number of carbonyl (C=O) groups excluding carboxylic acids is 1. The number of allylic oxidation sites excluding steroid dienone is 1. The van der Waals surface area contributed by atoms with Gasteiger partial charge in [0.25, 0.3) is 11.4 Å². The number of nitro groups is 2. The number of nitro benzene ring substituents is 2. The molecule has 78 heavy (non-hydrogen) atoms. The molecule has 7 aromatic carbocycles. The van der Waals surface area contributed by atoms with Crippen molar-refractivity contribution in [1.29, 1.82) is 0 Å². The van der Waals surface area contributed by atoms with Gasteiger partial charge in [0.1, 0.15) is 35.6 Å². The summed E-state index contributed by atoms with van der Waals surface area (Å²) in [5.74, 6) is -1.14. The van der Waals surface area contributed by atoms with E-state index in [0.717, 1.165) is 51.1 Å². The molecule has 10 rings (SSSR count). The zero-order chi connectivity index (χ0) is 54.2. The van der Waals surface area contributed by atoms with E-state index in [1.165, 1.54) is 36.4 Å². The molecule has 2 aliphatic carbocycles. The maximum atomic E-state index is 15.5. The Morgan fingerprint density at radius 3 is 2.14 bits per heavy atom. The summed E-state index contributed by atoms with van der Waals surface area (Å²) in [5.41, 5.74) is 3.34. The Bertz CT molecular complexity index is 3380. The van der Waals surface area contributed by atoms with Gasteiger partial charge in [-0.05, 0) is 130 Å². The van der Waals surface area contributed by atoms with E-state index < -0.39 is 39.6 Å². The van der Waals surface area contributed by atoms with Gasteiger partial charge in [-0.15, -0.1) is 6.58 Å². The number of amides is 1. The van der Waals surface area contributed by atoms with Crippen molar-refractivity contribution in [1.82, 2.24) is 4.90 Å². The van der Waals surface area contributed by atoms with Crippen molar-refractivity contribution in [2.45, 2.75) is 75.8 Å². The number of oxime groups is 1. The normalized spacial score (nSPS) is 20.7. The van der Waals surface area contributed by atoms with Crippen molar-refractivity contribution >= 4 is 44.7 Å². The molecule has 6 atom stereocenters. The van der Waals surface area contributed by atoms with Crippen LogP contribution in [0.2, 0.25) is 0 Å². The third kappa shape index (κ3) is 11.2. The summed E-state index contributed by atoms with van der Waals surface area (Å²) in [6.07, 6.45) is 7.11. The fourth-order valence-corrected chi connectivity index (χ4v) is 11.7. The van der Waals surface area contributed by atoms with E-state index >= 15 is 4.79 Å². The van der Waals surface area contributed by atoms with Crippen LogP contribution >= 0.6 is 0 Å². The maximum absolute atomic E-state index is 15.5.